The third-order valence-corrected chi connectivity index (χ3v) is 5.06. The molecule has 1 aromatic heterocycles. The predicted octanol–water partition coefficient (Wildman–Crippen LogP) is 3.82. The molecular weight excluding hydrogens is 350 g/mol. The van der Waals surface area contributed by atoms with Gasteiger partial charge in [0, 0.05) is 31.4 Å². The number of nitrogens with one attached hydrogen (secondary N) is 1. The first kappa shape index (κ1) is 20.1. The quantitative estimate of drug-likeness (QED) is 0.743. The van der Waals surface area contributed by atoms with Crippen molar-refractivity contribution < 1.29 is 9.53 Å². The molecule has 0 unspecified atom stereocenters. The van der Waals surface area contributed by atoms with Crippen LogP contribution in [0.5, 0.6) is 5.75 Å². The van der Waals surface area contributed by atoms with Gasteiger partial charge < -0.3 is 10.1 Å². The zero-order valence-electron chi connectivity index (χ0n) is 16.7. The van der Waals surface area contributed by atoms with E-state index in [0.29, 0.717) is 12.1 Å². The molecule has 1 aromatic carbocycles. The van der Waals surface area contributed by atoms with Crippen LogP contribution in [0.3, 0.4) is 0 Å². The summed E-state index contributed by atoms with van der Waals surface area (Å²) in [5.74, 6) is 0.640. The highest BCUT2D eigenvalue weighted by Gasteiger charge is 2.20. The maximum absolute atomic E-state index is 12.4. The zero-order valence-corrected chi connectivity index (χ0v) is 16.7. The van der Waals surface area contributed by atoms with Crippen LogP contribution in [0.25, 0.3) is 0 Å². The number of hydrogen-bond acceptors (Lipinski definition) is 4. The second-order valence-corrected chi connectivity index (χ2v) is 7.26. The van der Waals surface area contributed by atoms with E-state index in [1.807, 2.05) is 42.5 Å². The van der Waals surface area contributed by atoms with Crippen molar-refractivity contribution in [2.75, 3.05) is 19.6 Å². The highest BCUT2D eigenvalue weighted by atomic mass is 16.5. The van der Waals surface area contributed by atoms with Crippen molar-refractivity contribution in [3.8, 4) is 5.75 Å². The van der Waals surface area contributed by atoms with Crippen LogP contribution in [0.1, 0.15) is 42.7 Å². The second kappa shape index (κ2) is 10.0. The fourth-order valence-corrected chi connectivity index (χ4v) is 3.31. The number of nitrogens with zero attached hydrogens (tertiary/aromatic N) is 2. The lowest BCUT2D eigenvalue weighted by atomic mass is 10.1. The number of ether oxygens (including phenoxy) is 1. The summed E-state index contributed by atoms with van der Waals surface area (Å²) in [6, 6.07) is 13.1. The van der Waals surface area contributed by atoms with Gasteiger partial charge in [0.25, 0.3) is 5.91 Å². The summed E-state index contributed by atoms with van der Waals surface area (Å²) in [5, 5.41) is 2.91. The maximum atomic E-state index is 12.4. The molecule has 0 bridgehead atoms. The van der Waals surface area contributed by atoms with Gasteiger partial charge in [0.15, 0.2) is 0 Å². The Morgan fingerprint density at radius 2 is 2.07 bits per heavy atom. The molecule has 148 valence electrons. The van der Waals surface area contributed by atoms with Crippen molar-refractivity contribution in [1.29, 1.82) is 0 Å². The van der Waals surface area contributed by atoms with E-state index in [-0.39, 0.29) is 12.0 Å². The molecule has 5 heteroatoms. The Morgan fingerprint density at radius 1 is 1.25 bits per heavy atom. The molecule has 2 heterocycles. The summed E-state index contributed by atoms with van der Waals surface area (Å²) in [5.41, 5.74) is 2.85. The third kappa shape index (κ3) is 5.92. The Labute approximate surface area is 167 Å². The number of carbonyl (C=O) groups is 1. The van der Waals surface area contributed by atoms with Gasteiger partial charge in [0.2, 0.25) is 0 Å². The SMILES string of the molecule is CC=C(C)CN1CCC(Oc2cccc(C(=O)NCc3ccccn3)c2)CC1. The van der Waals surface area contributed by atoms with E-state index < -0.39 is 0 Å². The number of benzene rings is 1. The third-order valence-electron chi connectivity index (χ3n) is 5.06. The Balaban J connectivity index is 1.50. The minimum Gasteiger partial charge on any atom is -0.490 e. The number of aromatic nitrogens is 1. The highest BCUT2D eigenvalue weighted by molar-refractivity contribution is 5.94. The molecule has 1 saturated heterocycles. The first-order valence-electron chi connectivity index (χ1n) is 9.93. The first-order valence-corrected chi connectivity index (χ1v) is 9.93. The minimum atomic E-state index is -0.118. The summed E-state index contributed by atoms with van der Waals surface area (Å²) < 4.78 is 6.15. The van der Waals surface area contributed by atoms with Crippen LogP contribution in [0.4, 0.5) is 0 Å². The Hall–Kier alpha value is -2.66. The molecule has 0 atom stereocenters. The summed E-state index contributed by atoms with van der Waals surface area (Å²) in [6.07, 6.45) is 6.11. The molecule has 0 saturated carbocycles. The van der Waals surface area contributed by atoms with Gasteiger partial charge in [0.05, 0.1) is 12.2 Å². The Kier molecular flexibility index (Phi) is 7.20. The number of amides is 1. The minimum absolute atomic E-state index is 0.118. The van der Waals surface area contributed by atoms with Crippen LogP contribution in [0.15, 0.2) is 60.3 Å². The van der Waals surface area contributed by atoms with E-state index in [4.69, 9.17) is 4.74 Å². The number of pyridine rings is 1. The molecule has 1 aliphatic heterocycles. The second-order valence-electron chi connectivity index (χ2n) is 7.26. The predicted molar refractivity (Wildman–Crippen MR) is 111 cm³/mol. The number of hydrogen-bond donors (Lipinski definition) is 1. The lowest BCUT2D eigenvalue weighted by Crippen LogP contribution is -2.39. The van der Waals surface area contributed by atoms with Crippen LogP contribution in [-0.2, 0) is 6.54 Å². The monoisotopic (exact) mass is 379 g/mol. The maximum Gasteiger partial charge on any atom is 0.251 e. The number of piperidine rings is 1. The molecule has 0 aliphatic carbocycles. The Morgan fingerprint density at radius 3 is 2.79 bits per heavy atom. The van der Waals surface area contributed by atoms with E-state index in [1.54, 1.807) is 6.20 Å². The molecule has 1 amide bonds. The van der Waals surface area contributed by atoms with E-state index >= 15 is 0 Å². The lowest BCUT2D eigenvalue weighted by Gasteiger charge is -2.32. The van der Waals surface area contributed by atoms with Crippen molar-refractivity contribution in [3.05, 3.63) is 71.6 Å². The van der Waals surface area contributed by atoms with Gasteiger partial charge in [-0.1, -0.05) is 23.8 Å². The summed E-state index contributed by atoms with van der Waals surface area (Å²) in [4.78, 5) is 19.1. The number of likely N-dealkylation sites (tertiary alicyclic amines) is 1. The molecule has 2 aromatic rings. The van der Waals surface area contributed by atoms with E-state index in [9.17, 15) is 4.79 Å². The van der Waals surface area contributed by atoms with Crippen LogP contribution in [-0.4, -0.2) is 41.5 Å². The van der Waals surface area contributed by atoms with Gasteiger partial charge in [-0.15, -0.1) is 0 Å². The van der Waals surface area contributed by atoms with Gasteiger partial charge in [-0.05, 0) is 57.0 Å². The van der Waals surface area contributed by atoms with Crippen LogP contribution < -0.4 is 10.1 Å². The molecule has 0 spiro atoms. The molecule has 1 fully saturated rings. The molecular formula is C23H29N3O2. The van der Waals surface area contributed by atoms with Crippen molar-refractivity contribution in [1.82, 2.24) is 15.2 Å². The Bertz CT molecular complexity index is 797. The molecule has 5 nitrogen and oxygen atoms in total. The average Bonchev–Trinajstić information content (AvgIpc) is 2.74. The zero-order chi connectivity index (χ0) is 19.8. The smallest absolute Gasteiger partial charge is 0.251 e. The number of rotatable bonds is 7. The number of allylic oxidation sites excluding steroid dienone is 1. The van der Waals surface area contributed by atoms with Crippen molar-refractivity contribution in [2.45, 2.75) is 39.3 Å². The van der Waals surface area contributed by atoms with E-state index in [2.05, 4.69) is 35.1 Å². The van der Waals surface area contributed by atoms with Gasteiger partial charge in [-0.3, -0.25) is 14.7 Å². The van der Waals surface area contributed by atoms with Gasteiger partial charge in [-0.2, -0.15) is 0 Å². The normalized spacial score (nSPS) is 16.0. The standard InChI is InChI=1S/C23H29N3O2/c1-3-18(2)17-26-13-10-21(11-14-26)28-22-9-6-7-19(15-22)23(27)25-16-20-8-4-5-12-24-20/h3-9,12,15,21H,10-11,13-14,16-17H2,1-2H3,(H,25,27). The lowest BCUT2D eigenvalue weighted by molar-refractivity contribution is 0.0945. The van der Waals surface area contributed by atoms with Crippen molar-refractivity contribution in [3.63, 3.8) is 0 Å². The highest BCUT2D eigenvalue weighted by Crippen LogP contribution is 2.21. The summed E-state index contributed by atoms with van der Waals surface area (Å²) >= 11 is 0. The van der Waals surface area contributed by atoms with Gasteiger partial charge >= 0.3 is 0 Å². The van der Waals surface area contributed by atoms with Crippen LogP contribution in [0, 0.1) is 0 Å². The van der Waals surface area contributed by atoms with Crippen molar-refractivity contribution >= 4 is 5.91 Å². The summed E-state index contributed by atoms with van der Waals surface area (Å²) in [7, 11) is 0. The fourth-order valence-electron chi connectivity index (χ4n) is 3.31. The van der Waals surface area contributed by atoms with Gasteiger partial charge in [0.1, 0.15) is 11.9 Å². The molecule has 1 N–H and O–H groups in total. The van der Waals surface area contributed by atoms with E-state index in [0.717, 1.165) is 43.9 Å². The first-order chi connectivity index (χ1) is 13.6. The fraction of sp³-hybridized carbons (Fsp3) is 0.391. The van der Waals surface area contributed by atoms with Crippen LogP contribution >= 0.6 is 0 Å². The largest absolute Gasteiger partial charge is 0.490 e. The average molecular weight is 380 g/mol. The summed E-state index contributed by atoms with van der Waals surface area (Å²) in [6.45, 7) is 7.79. The van der Waals surface area contributed by atoms with Crippen molar-refractivity contribution in [2.24, 2.45) is 0 Å². The number of carbonyl (C=O) groups excluding carboxylic acids is 1. The van der Waals surface area contributed by atoms with Crippen LogP contribution in [0.2, 0.25) is 0 Å². The molecule has 3 rings (SSSR count). The van der Waals surface area contributed by atoms with E-state index in [1.165, 1.54) is 5.57 Å². The molecule has 28 heavy (non-hydrogen) atoms. The molecule has 1 aliphatic rings. The van der Waals surface area contributed by atoms with Gasteiger partial charge in [-0.25, -0.2) is 0 Å². The molecule has 0 radical (unpaired) electrons. The topological polar surface area (TPSA) is 54.5 Å².